The van der Waals surface area contributed by atoms with Crippen LogP contribution in [0.1, 0.15) is 17.5 Å². The Hall–Kier alpha value is -1.45. The van der Waals surface area contributed by atoms with E-state index in [2.05, 4.69) is 54.7 Å². The zero-order chi connectivity index (χ0) is 14.0. The number of thioether (sulfide) groups is 1. The Morgan fingerprint density at radius 1 is 1.15 bits per heavy atom. The second-order valence-electron chi connectivity index (χ2n) is 5.33. The van der Waals surface area contributed by atoms with Crippen molar-refractivity contribution in [2.24, 2.45) is 0 Å². The lowest BCUT2D eigenvalue weighted by atomic mass is 9.87. The summed E-state index contributed by atoms with van der Waals surface area (Å²) in [5.41, 5.74) is 3.15. The first-order valence-electron chi connectivity index (χ1n) is 6.91. The van der Waals surface area contributed by atoms with E-state index in [4.69, 9.17) is 0 Å². The van der Waals surface area contributed by atoms with Gasteiger partial charge in [-0.2, -0.15) is 0 Å². The number of rotatable bonds is 3. The Morgan fingerprint density at radius 2 is 1.90 bits per heavy atom. The van der Waals surface area contributed by atoms with Gasteiger partial charge < -0.3 is 10.4 Å². The molecular formula is C17H19NOS. The van der Waals surface area contributed by atoms with Crippen molar-refractivity contribution in [3.8, 4) is 0 Å². The molecular weight excluding hydrogens is 266 g/mol. The molecule has 0 aliphatic carbocycles. The van der Waals surface area contributed by atoms with Crippen LogP contribution in [0.3, 0.4) is 0 Å². The second kappa shape index (κ2) is 5.51. The molecule has 1 aliphatic heterocycles. The number of hydrogen-bond acceptors (Lipinski definition) is 3. The van der Waals surface area contributed by atoms with Crippen molar-refractivity contribution in [1.82, 2.24) is 0 Å². The molecule has 0 amide bonds. The van der Waals surface area contributed by atoms with Gasteiger partial charge in [-0.05, 0) is 37.1 Å². The third-order valence-corrected chi connectivity index (χ3v) is 4.97. The molecule has 104 valence electrons. The van der Waals surface area contributed by atoms with Gasteiger partial charge in [0.1, 0.15) is 0 Å². The molecule has 1 heterocycles. The molecule has 3 rings (SSSR count). The molecule has 0 saturated heterocycles. The lowest BCUT2D eigenvalue weighted by Gasteiger charge is -2.39. The van der Waals surface area contributed by atoms with Gasteiger partial charge in [-0.15, -0.1) is 11.8 Å². The molecule has 1 unspecified atom stereocenters. The monoisotopic (exact) mass is 285 g/mol. The largest absolute Gasteiger partial charge is 0.394 e. The Bertz CT molecular complexity index is 596. The van der Waals surface area contributed by atoms with E-state index in [1.165, 1.54) is 16.0 Å². The van der Waals surface area contributed by atoms with Crippen molar-refractivity contribution < 1.29 is 5.11 Å². The van der Waals surface area contributed by atoms with Crippen LogP contribution in [0.25, 0.3) is 0 Å². The molecule has 0 spiro atoms. The summed E-state index contributed by atoms with van der Waals surface area (Å²) >= 11 is 1.87. The third-order valence-electron chi connectivity index (χ3n) is 3.89. The van der Waals surface area contributed by atoms with Crippen LogP contribution in [-0.4, -0.2) is 17.5 Å². The van der Waals surface area contributed by atoms with E-state index in [0.29, 0.717) is 0 Å². The van der Waals surface area contributed by atoms with E-state index in [0.717, 1.165) is 17.9 Å². The van der Waals surface area contributed by atoms with Crippen molar-refractivity contribution in [3.63, 3.8) is 0 Å². The van der Waals surface area contributed by atoms with E-state index in [-0.39, 0.29) is 12.1 Å². The fourth-order valence-electron chi connectivity index (χ4n) is 2.70. The molecule has 0 fully saturated rings. The van der Waals surface area contributed by atoms with Gasteiger partial charge in [0, 0.05) is 16.3 Å². The fraction of sp³-hybridized carbons (Fsp3) is 0.294. The van der Waals surface area contributed by atoms with Crippen LogP contribution < -0.4 is 5.32 Å². The first-order valence-corrected chi connectivity index (χ1v) is 7.90. The van der Waals surface area contributed by atoms with Crippen molar-refractivity contribution in [1.29, 1.82) is 0 Å². The zero-order valence-electron chi connectivity index (χ0n) is 11.6. The van der Waals surface area contributed by atoms with E-state index in [9.17, 15) is 5.11 Å². The minimum absolute atomic E-state index is 0.110. The van der Waals surface area contributed by atoms with Gasteiger partial charge in [0.25, 0.3) is 0 Å². The maximum atomic E-state index is 10.0. The van der Waals surface area contributed by atoms with Gasteiger partial charge in [-0.25, -0.2) is 0 Å². The Morgan fingerprint density at radius 3 is 2.65 bits per heavy atom. The number of aryl methyl sites for hydroxylation is 1. The summed E-state index contributed by atoms with van der Waals surface area (Å²) in [6.45, 7) is 2.19. The predicted molar refractivity (Wildman–Crippen MR) is 85.3 cm³/mol. The summed E-state index contributed by atoms with van der Waals surface area (Å²) in [6, 6.07) is 16.7. The average Bonchev–Trinajstić information content (AvgIpc) is 2.50. The first-order chi connectivity index (χ1) is 9.73. The van der Waals surface area contributed by atoms with E-state index < -0.39 is 0 Å². The summed E-state index contributed by atoms with van der Waals surface area (Å²) in [5, 5.41) is 13.6. The maximum absolute atomic E-state index is 10.0. The number of nitrogens with one attached hydrogen (secondary N) is 1. The summed E-state index contributed by atoms with van der Waals surface area (Å²) in [7, 11) is 0. The highest BCUT2D eigenvalue weighted by molar-refractivity contribution is 7.99. The highest BCUT2D eigenvalue weighted by Crippen LogP contribution is 2.41. The van der Waals surface area contributed by atoms with Crippen LogP contribution >= 0.6 is 11.8 Å². The van der Waals surface area contributed by atoms with Crippen molar-refractivity contribution >= 4 is 17.4 Å². The Balaban J connectivity index is 1.98. The van der Waals surface area contributed by atoms with Crippen LogP contribution in [0.15, 0.2) is 53.4 Å². The molecule has 0 aromatic heterocycles. The molecule has 2 nitrogen and oxygen atoms in total. The van der Waals surface area contributed by atoms with Gasteiger partial charge in [0.2, 0.25) is 0 Å². The second-order valence-corrected chi connectivity index (χ2v) is 6.46. The molecule has 0 radical (unpaired) electrons. The number of aliphatic hydroxyl groups is 1. The topological polar surface area (TPSA) is 32.3 Å². The average molecular weight is 285 g/mol. The molecule has 3 heteroatoms. The number of fused-ring (bicyclic) bond motifs is 1. The quantitative estimate of drug-likeness (QED) is 0.900. The predicted octanol–water partition coefficient (Wildman–Crippen LogP) is 3.79. The summed E-state index contributed by atoms with van der Waals surface area (Å²) in [4.78, 5) is 1.27. The number of aliphatic hydroxyl groups excluding tert-OH is 1. The zero-order valence-corrected chi connectivity index (χ0v) is 12.4. The van der Waals surface area contributed by atoms with Crippen LogP contribution in [0.4, 0.5) is 5.69 Å². The summed E-state index contributed by atoms with van der Waals surface area (Å²) in [5.74, 6) is 1.02. The Labute approximate surface area is 124 Å². The van der Waals surface area contributed by atoms with Gasteiger partial charge in [0.15, 0.2) is 0 Å². The minimum Gasteiger partial charge on any atom is -0.394 e. The highest BCUT2D eigenvalue weighted by Gasteiger charge is 2.36. The molecule has 0 bridgehead atoms. The standard InChI is InChI=1S/C17H19NOS/c1-13-6-8-14(9-7-13)18-17(12-19)10-11-20-16-5-3-2-4-15(16)17/h2-9,18-19H,10-12H2,1H3. The van der Waals surface area contributed by atoms with Gasteiger partial charge in [-0.3, -0.25) is 0 Å². The van der Waals surface area contributed by atoms with Crippen molar-refractivity contribution in [2.75, 3.05) is 17.7 Å². The molecule has 20 heavy (non-hydrogen) atoms. The van der Waals surface area contributed by atoms with Crippen molar-refractivity contribution in [2.45, 2.75) is 23.8 Å². The highest BCUT2D eigenvalue weighted by atomic mass is 32.2. The Kier molecular flexibility index (Phi) is 3.72. The number of anilines is 1. The van der Waals surface area contributed by atoms with Crippen LogP contribution in [0.2, 0.25) is 0 Å². The summed E-state index contributed by atoms with van der Waals surface area (Å²) in [6.07, 6.45) is 0.930. The normalized spacial score (nSPS) is 21.3. The number of hydrogen-bond donors (Lipinski definition) is 2. The van der Waals surface area contributed by atoms with Crippen LogP contribution in [0.5, 0.6) is 0 Å². The van der Waals surface area contributed by atoms with E-state index >= 15 is 0 Å². The molecule has 2 aromatic carbocycles. The van der Waals surface area contributed by atoms with E-state index in [1.807, 2.05) is 17.8 Å². The van der Waals surface area contributed by atoms with Crippen molar-refractivity contribution in [3.05, 3.63) is 59.7 Å². The van der Waals surface area contributed by atoms with Crippen LogP contribution in [0, 0.1) is 6.92 Å². The lowest BCUT2D eigenvalue weighted by molar-refractivity contribution is 0.205. The molecule has 1 atom stereocenters. The SMILES string of the molecule is Cc1ccc(NC2(CO)CCSc3ccccc32)cc1. The van der Waals surface area contributed by atoms with Gasteiger partial charge in [0.05, 0.1) is 12.1 Å². The fourth-order valence-corrected chi connectivity index (χ4v) is 3.97. The first kappa shape index (κ1) is 13.5. The molecule has 0 saturated carbocycles. The molecule has 2 N–H and O–H groups in total. The van der Waals surface area contributed by atoms with Crippen LogP contribution in [-0.2, 0) is 5.54 Å². The minimum atomic E-state index is -0.364. The third kappa shape index (κ3) is 2.43. The number of benzene rings is 2. The smallest absolute Gasteiger partial charge is 0.0875 e. The van der Waals surface area contributed by atoms with E-state index in [1.54, 1.807) is 0 Å². The molecule has 2 aromatic rings. The van der Waals surface area contributed by atoms with Gasteiger partial charge in [-0.1, -0.05) is 35.9 Å². The van der Waals surface area contributed by atoms with Gasteiger partial charge >= 0.3 is 0 Å². The lowest BCUT2D eigenvalue weighted by Crippen LogP contribution is -2.42. The summed E-state index contributed by atoms with van der Waals surface area (Å²) < 4.78 is 0. The molecule has 1 aliphatic rings. The maximum Gasteiger partial charge on any atom is 0.0875 e.